The molecule has 0 N–H and O–H groups in total. The molecule has 0 saturated heterocycles. The van der Waals surface area contributed by atoms with Crippen molar-refractivity contribution in [3.8, 4) is 0 Å². The largest absolute Gasteiger partial charge is 0.204 e. The maximum atomic E-state index is 13.0. The van der Waals surface area contributed by atoms with Crippen molar-refractivity contribution >= 4 is 15.9 Å². The summed E-state index contributed by atoms with van der Waals surface area (Å²) in [6.07, 6.45) is 7.07. The van der Waals surface area contributed by atoms with Crippen LogP contribution in [0.4, 0.5) is 8.78 Å². The molecule has 0 radical (unpaired) electrons. The molecule has 0 fully saturated rings. The molecule has 0 bridgehead atoms. The normalized spacial score (nSPS) is 12.7. The van der Waals surface area contributed by atoms with Crippen LogP contribution in [0.1, 0.15) is 55.8 Å². The van der Waals surface area contributed by atoms with Crippen LogP contribution >= 0.6 is 15.9 Å². The second-order valence-electron chi connectivity index (χ2n) is 4.34. The number of hydrogen-bond donors (Lipinski definition) is 0. The lowest BCUT2D eigenvalue weighted by molar-refractivity contribution is 0.506. The number of benzene rings is 1. The predicted molar refractivity (Wildman–Crippen MR) is 71.4 cm³/mol. The number of rotatable bonds is 7. The molecule has 17 heavy (non-hydrogen) atoms. The van der Waals surface area contributed by atoms with Crippen molar-refractivity contribution in [3.63, 3.8) is 0 Å². The van der Waals surface area contributed by atoms with Crippen LogP contribution in [0, 0.1) is 11.6 Å². The fourth-order valence-electron chi connectivity index (χ4n) is 1.80. The van der Waals surface area contributed by atoms with Gasteiger partial charge in [-0.3, -0.25) is 0 Å². The molecule has 0 aliphatic heterocycles. The van der Waals surface area contributed by atoms with Crippen LogP contribution in [0.5, 0.6) is 0 Å². The van der Waals surface area contributed by atoms with Crippen molar-refractivity contribution in [2.75, 3.05) is 0 Å². The van der Waals surface area contributed by atoms with Gasteiger partial charge in [0.25, 0.3) is 0 Å². The quantitative estimate of drug-likeness (QED) is 0.443. The molecule has 1 unspecified atom stereocenters. The Labute approximate surface area is 111 Å². The average molecular weight is 305 g/mol. The Balaban J connectivity index is 2.36. The van der Waals surface area contributed by atoms with E-state index in [1.807, 2.05) is 0 Å². The molecule has 0 aromatic heterocycles. The van der Waals surface area contributed by atoms with E-state index in [-0.39, 0.29) is 4.83 Å². The van der Waals surface area contributed by atoms with Crippen molar-refractivity contribution in [1.82, 2.24) is 0 Å². The topological polar surface area (TPSA) is 0 Å². The molecular weight excluding hydrogens is 286 g/mol. The Kier molecular flexibility index (Phi) is 6.71. The molecule has 0 heterocycles. The molecule has 1 aromatic rings. The first kappa shape index (κ1) is 14.6. The van der Waals surface area contributed by atoms with Gasteiger partial charge in [-0.2, -0.15) is 0 Å². The highest BCUT2D eigenvalue weighted by molar-refractivity contribution is 9.09. The SMILES string of the molecule is CCCCCCCC(Br)c1ccc(F)c(F)c1. The highest BCUT2D eigenvalue weighted by Gasteiger charge is 2.10. The van der Waals surface area contributed by atoms with Gasteiger partial charge in [-0.15, -0.1) is 0 Å². The molecule has 0 nitrogen and oxygen atoms in total. The van der Waals surface area contributed by atoms with Crippen LogP contribution in [-0.2, 0) is 0 Å². The van der Waals surface area contributed by atoms with E-state index >= 15 is 0 Å². The Morgan fingerprint density at radius 1 is 1.06 bits per heavy atom. The smallest absolute Gasteiger partial charge is 0.159 e. The van der Waals surface area contributed by atoms with Crippen LogP contribution < -0.4 is 0 Å². The Hall–Kier alpha value is -0.440. The summed E-state index contributed by atoms with van der Waals surface area (Å²) in [5.74, 6) is -1.55. The van der Waals surface area contributed by atoms with Crippen LogP contribution in [0.3, 0.4) is 0 Å². The van der Waals surface area contributed by atoms with E-state index in [0.717, 1.165) is 18.4 Å². The van der Waals surface area contributed by atoms with Gasteiger partial charge in [0.1, 0.15) is 0 Å². The molecule has 0 amide bonds. The summed E-state index contributed by atoms with van der Waals surface area (Å²) in [5, 5.41) is 0. The fraction of sp³-hybridized carbons (Fsp3) is 0.571. The maximum Gasteiger partial charge on any atom is 0.159 e. The van der Waals surface area contributed by atoms with E-state index < -0.39 is 11.6 Å². The van der Waals surface area contributed by atoms with Crippen molar-refractivity contribution in [2.45, 2.75) is 50.3 Å². The molecular formula is C14H19BrF2. The third-order valence-corrected chi connectivity index (χ3v) is 3.85. The summed E-state index contributed by atoms with van der Waals surface area (Å²) in [6.45, 7) is 2.19. The third kappa shape index (κ3) is 5.15. The van der Waals surface area contributed by atoms with E-state index in [1.165, 1.54) is 37.8 Å². The molecule has 1 aromatic carbocycles. The Bertz CT molecular complexity index is 339. The van der Waals surface area contributed by atoms with Crippen molar-refractivity contribution in [2.24, 2.45) is 0 Å². The molecule has 1 rings (SSSR count). The van der Waals surface area contributed by atoms with Gasteiger partial charge in [-0.25, -0.2) is 8.78 Å². The average Bonchev–Trinajstić information content (AvgIpc) is 2.32. The van der Waals surface area contributed by atoms with Gasteiger partial charge < -0.3 is 0 Å². The zero-order chi connectivity index (χ0) is 12.7. The van der Waals surface area contributed by atoms with Gasteiger partial charge in [0.2, 0.25) is 0 Å². The van der Waals surface area contributed by atoms with Crippen molar-refractivity contribution in [3.05, 3.63) is 35.4 Å². The monoisotopic (exact) mass is 304 g/mol. The molecule has 0 spiro atoms. The summed E-state index contributed by atoms with van der Waals surface area (Å²) in [4.78, 5) is 0.124. The van der Waals surface area contributed by atoms with E-state index in [2.05, 4.69) is 22.9 Å². The maximum absolute atomic E-state index is 13.0. The highest BCUT2D eigenvalue weighted by atomic mass is 79.9. The molecule has 1 atom stereocenters. The van der Waals surface area contributed by atoms with Gasteiger partial charge in [0.05, 0.1) is 0 Å². The first-order valence-corrected chi connectivity index (χ1v) is 7.15. The van der Waals surface area contributed by atoms with E-state index in [1.54, 1.807) is 6.07 Å². The number of halogens is 3. The number of hydrogen-bond acceptors (Lipinski definition) is 0. The molecule has 0 aliphatic carbocycles. The summed E-state index contributed by atoms with van der Waals surface area (Å²) >= 11 is 3.52. The van der Waals surface area contributed by atoms with E-state index in [4.69, 9.17) is 0 Å². The summed E-state index contributed by atoms with van der Waals surface area (Å²) < 4.78 is 25.8. The van der Waals surface area contributed by atoms with Gasteiger partial charge in [0.15, 0.2) is 11.6 Å². The summed E-state index contributed by atoms with van der Waals surface area (Å²) in [7, 11) is 0. The first-order valence-electron chi connectivity index (χ1n) is 6.24. The lowest BCUT2D eigenvalue weighted by Gasteiger charge is -2.10. The first-order chi connectivity index (χ1) is 8.15. The summed E-state index contributed by atoms with van der Waals surface area (Å²) in [6, 6.07) is 4.11. The molecule has 0 saturated carbocycles. The van der Waals surface area contributed by atoms with Crippen LogP contribution in [0.2, 0.25) is 0 Å². The lowest BCUT2D eigenvalue weighted by Crippen LogP contribution is -1.93. The predicted octanol–water partition coefficient (Wildman–Crippen LogP) is 5.76. The molecule has 0 aliphatic rings. The van der Waals surface area contributed by atoms with E-state index in [0.29, 0.717) is 0 Å². The second kappa shape index (κ2) is 7.80. The van der Waals surface area contributed by atoms with Crippen molar-refractivity contribution in [1.29, 1.82) is 0 Å². The second-order valence-corrected chi connectivity index (χ2v) is 5.45. The minimum atomic E-state index is -0.781. The Morgan fingerprint density at radius 3 is 2.41 bits per heavy atom. The fourth-order valence-corrected chi connectivity index (χ4v) is 2.41. The molecule has 3 heteroatoms. The Morgan fingerprint density at radius 2 is 1.76 bits per heavy atom. The minimum Gasteiger partial charge on any atom is -0.204 e. The van der Waals surface area contributed by atoms with E-state index in [9.17, 15) is 8.78 Å². The van der Waals surface area contributed by atoms with Gasteiger partial charge in [-0.05, 0) is 24.1 Å². The highest BCUT2D eigenvalue weighted by Crippen LogP contribution is 2.29. The number of alkyl halides is 1. The lowest BCUT2D eigenvalue weighted by atomic mass is 10.0. The van der Waals surface area contributed by atoms with Crippen molar-refractivity contribution < 1.29 is 8.78 Å². The van der Waals surface area contributed by atoms with Gasteiger partial charge in [-0.1, -0.05) is 61.0 Å². The third-order valence-electron chi connectivity index (χ3n) is 2.87. The van der Waals surface area contributed by atoms with Crippen LogP contribution in [0.25, 0.3) is 0 Å². The summed E-state index contributed by atoms with van der Waals surface area (Å²) in [5.41, 5.74) is 0.819. The minimum absolute atomic E-state index is 0.124. The molecule has 96 valence electrons. The van der Waals surface area contributed by atoms with Crippen LogP contribution in [-0.4, -0.2) is 0 Å². The van der Waals surface area contributed by atoms with Gasteiger partial charge >= 0.3 is 0 Å². The zero-order valence-electron chi connectivity index (χ0n) is 10.2. The van der Waals surface area contributed by atoms with Crippen LogP contribution in [0.15, 0.2) is 18.2 Å². The zero-order valence-corrected chi connectivity index (χ0v) is 11.8. The van der Waals surface area contributed by atoms with Gasteiger partial charge in [0, 0.05) is 4.83 Å². The number of unbranched alkanes of at least 4 members (excludes halogenated alkanes) is 4. The standard InChI is InChI=1S/C14H19BrF2/c1-2-3-4-5-6-7-12(15)11-8-9-13(16)14(17)10-11/h8-10,12H,2-7H2,1H3.